The normalized spacial score (nSPS) is 11.4. The van der Waals surface area contributed by atoms with Crippen LogP contribution in [0.25, 0.3) is 10.9 Å². The molecule has 2 N–H and O–H groups in total. The van der Waals surface area contributed by atoms with E-state index in [4.69, 9.17) is 4.74 Å². The Morgan fingerprint density at radius 1 is 1.03 bits per heavy atom. The van der Waals surface area contributed by atoms with Gasteiger partial charge in [0.25, 0.3) is 10.0 Å². The number of carbonyl (C=O) groups is 1. The Morgan fingerprint density at radius 2 is 1.76 bits per heavy atom. The van der Waals surface area contributed by atoms with Gasteiger partial charge in [0.1, 0.15) is 5.75 Å². The molecule has 7 nitrogen and oxygen atoms in total. The zero-order valence-electron chi connectivity index (χ0n) is 19.1. The van der Waals surface area contributed by atoms with Crippen LogP contribution in [0.2, 0.25) is 0 Å². The maximum atomic E-state index is 13.4. The fourth-order valence-electron chi connectivity index (χ4n) is 3.96. The van der Waals surface area contributed by atoms with Crippen LogP contribution in [0.4, 0.5) is 11.4 Å². The van der Waals surface area contributed by atoms with Crippen LogP contribution in [-0.2, 0) is 21.2 Å². The van der Waals surface area contributed by atoms with Crippen molar-refractivity contribution in [3.05, 3.63) is 84.6 Å². The molecule has 1 aromatic heterocycles. The fourth-order valence-corrected chi connectivity index (χ4v) is 5.46. The van der Waals surface area contributed by atoms with Crippen molar-refractivity contribution in [3.8, 4) is 5.75 Å². The summed E-state index contributed by atoms with van der Waals surface area (Å²) in [5.74, 6) is 0.163. The number of sulfonamides is 1. The molecule has 0 atom stereocenters. The molecule has 1 heterocycles. The van der Waals surface area contributed by atoms with Crippen molar-refractivity contribution in [1.29, 1.82) is 0 Å². The molecule has 0 fully saturated rings. The van der Waals surface area contributed by atoms with Crippen molar-refractivity contribution in [1.82, 2.24) is 4.98 Å². The van der Waals surface area contributed by atoms with Crippen molar-refractivity contribution in [2.75, 3.05) is 23.3 Å². The van der Waals surface area contributed by atoms with E-state index >= 15 is 0 Å². The van der Waals surface area contributed by atoms with Crippen molar-refractivity contribution in [2.45, 2.75) is 24.7 Å². The molecule has 0 aliphatic heterocycles. The maximum Gasteiger partial charge on any atom is 0.264 e. The number of benzene rings is 3. The second kappa shape index (κ2) is 10.0. The van der Waals surface area contributed by atoms with Gasteiger partial charge in [0.05, 0.1) is 23.4 Å². The molecular weight excluding hydrogens is 450 g/mol. The first-order chi connectivity index (χ1) is 16.4. The van der Waals surface area contributed by atoms with Gasteiger partial charge >= 0.3 is 0 Å². The minimum Gasteiger partial charge on any atom is -0.495 e. The molecule has 0 saturated carbocycles. The number of fused-ring (bicyclic) bond motifs is 1. The van der Waals surface area contributed by atoms with Crippen molar-refractivity contribution >= 4 is 38.2 Å². The van der Waals surface area contributed by atoms with Gasteiger partial charge < -0.3 is 15.0 Å². The van der Waals surface area contributed by atoms with Gasteiger partial charge in [0, 0.05) is 30.1 Å². The van der Waals surface area contributed by atoms with Gasteiger partial charge in [-0.3, -0.25) is 9.10 Å². The molecule has 4 aromatic rings. The van der Waals surface area contributed by atoms with E-state index in [1.54, 1.807) is 37.3 Å². The highest BCUT2D eigenvalue weighted by Gasteiger charge is 2.25. The Balaban J connectivity index is 1.54. The monoisotopic (exact) mass is 477 g/mol. The average Bonchev–Trinajstić information content (AvgIpc) is 3.27. The number of amides is 1. The summed E-state index contributed by atoms with van der Waals surface area (Å²) >= 11 is 0. The molecular formula is C26H27N3O4S. The van der Waals surface area contributed by atoms with Crippen LogP contribution in [0.3, 0.4) is 0 Å². The standard InChI is InChI=1S/C26H27N3O4S/c1-3-29(20-9-5-4-6-10-20)34(31,32)21-14-15-25(33-2)24(17-21)28-26(30)16-13-19-18-27-23-12-8-7-11-22(19)23/h4-12,14-15,17-18,27H,3,13,16H2,1-2H3,(H,28,30). The first-order valence-electron chi connectivity index (χ1n) is 11.0. The number of methoxy groups -OCH3 is 1. The number of ether oxygens (including phenoxy) is 1. The number of carbonyl (C=O) groups excluding carboxylic acids is 1. The molecule has 176 valence electrons. The number of aromatic nitrogens is 1. The third kappa shape index (κ3) is 4.77. The van der Waals surface area contributed by atoms with Crippen molar-refractivity contribution < 1.29 is 17.9 Å². The number of nitrogens with one attached hydrogen (secondary N) is 2. The number of aryl methyl sites for hydroxylation is 1. The molecule has 3 aromatic carbocycles. The quantitative estimate of drug-likeness (QED) is 0.356. The molecule has 0 aliphatic rings. The lowest BCUT2D eigenvalue weighted by Gasteiger charge is -2.23. The molecule has 34 heavy (non-hydrogen) atoms. The molecule has 8 heteroatoms. The molecule has 0 radical (unpaired) electrons. The summed E-state index contributed by atoms with van der Waals surface area (Å²) in [5, 5.41) is 3.91. The Bertz CT molecular complexity index is 1400. The predicted molar refractivity (Wildman–Crippen MR) is 135 cm³/mol. The Labute approximate surface area is 199 Å². The highest BCUT2D eigenvalue weighted by atomic mass is 32.2. The molecule has 4 rings (SSSR count). The molecule has 0 saturated heterocycles. The average molecular weight is 478 g/mol. The Kier molecular flexibility index (Phi) is 6.88. The number of nitrogens with zero attached hydrogens (tertiary/aromatic N) is 1. The lowest BCUT2D eigenvalue weighted by Crippen LogP contribution is -2.30. The second-order valence-electron chi connectivity index (χ2n) is 7.78. The number of hydrogen-bond acceptors (Lipinski definition) is 4. The topological polar surface area (TPSA) is 91.5 Å². The van der Waals surface area contributed by atoms with E-state index in [1.807, 2.05) is 36.5 Å². The summed E-state index contributed by atoms with van der Waals surface area (Å²) in [4.78, 5) is 16.0. The lowest BCUT2D eigenvalue weighted by molar-refractivity contribution is -0.116. The minimum atomic E-state index is -3.84. The van der Waals surface area contributed by atoms with E-state index in [-0.39, 0.29) is 23.8 Å². The zero-order valence-corrected chi connectivity index (χ0v) is 19.9. The van der Waals surface area contributed by atoms with E-state index in [0.717, 1.165) is 16.5 Å². The van der Waals surface area contributed by atoms with Crippen LogP contribution < -0.4 is 14.4 Å². The third-order valence-electron chi connectivity index (χ3n) is 5.66. The molecule has 0 spiro atoms. The molecule has 0 aliphatic carbocycles. The summed E-state index contributed by atoms with van der Waals surface area (Å²) in [6, 6.07) is 21.3. The lowest BCUT2D eigenvalue weighted by atomic mass is 10.1. The van der Waals surface area contributed by atoms with Gasteiger partial charge in [-0.05, 0) is 55.3 Å². The Morgan fingerprint density at radius 3 is 2.50 bits per heavy atom. The van der Waals surface area contributed by atoms with Gasteiger partial charge in [-0.15, -0.1) is 0 Å². The summed E-state index contributed by atoms with van der Waals surface area (Å²) < 4.78 is 33.4. The van der Waals surface area contributed by atoms with Gasteiger partial charge in [-0.2, -0.15) is 0 Å². The number of hydrogen-bond donors (Lipinski definition) is 2. The van der Waals surface area contributed by atoms with Gasteiger partial charge in [-0.25, -0.2) is 8.42 Å². The summed E-state index contributed by atoms with van der Waals surface area (Å²) in [7, 11) is -2.36. The van der Waals surface area contributed by atoms with Crippen molar-refractivity contribution in [3.63, 3.8) is 0 Å². The fraction of sp³-hybridized carbons (Fsp3) is 0.192. The van der Waals surface area contributed by atoms with E-state index in [0.29, 0.717) is 23.5 Å². The summed E-state index contributed by atoms with van der Waals surface area (Å²) in [5.41, 5.74) is 2.97. The van der Waals surface area contributed by atoms with Gasteiger partial charge in [0.15, 0.2) is 0 Å². The van der Waals surface area contributed by atoms with Crippen molar-refractivity contribution in [2.24, 2.45) is 0 Å². The smallest absolute Gasteiger partial charge is 0.264 e. The number of H-pyrrole nitrogens is 1. The molecule has 0 bridgehead atoms. The SMILES string of the molecule is CCN(c1ccccc1)S(=O)(=O)c1ccc(OC)c(NC(=O)CCc2c[nH]c3ccccc23)c1. The first-order valence-corrected chi connectivity index (χ1v) is 12.5. The zero-order chi connectivity index (χ0) is 24.1. The van der Waals surface area contributed by atoms with Crippen LogP contribution in [0.5, 0.6) is 5.75 Å². The second-order valence-corrected chi connectivity index (χ2v) is 9.64. The van der Waals surface area contributed by atoms with E-state index in [9.17, 15) is 13.2 Å². The molecule has 1 amide bonds. The van der Waals surface area contributed by atoms with Crippen LogP contribution in [-0.4, -0.2) is 33.0 Å². The first kappa shape index (κ1) is 23.4. The maximum absolute atomic E-state index is 13.4. The van der Waals surface area contributed by atoms with E-state index < -0.39 is 10.0 Å². The van der Waals surface area contributed by atoms with E-state index in [2.05, 4.69) is 10.3 Å². The predicted octanol–water partition coefficient (Wildman–Crippen LogP) is 4.96. The van der Waals surface area contributed by atoms with Crippen LogP contribution in [0, 0.1) is 0 Å². The van der Waals surface area contributed by atoms with Crippen LogP contribution in [0.15, 0.2) is 83.9 Å². The molecule has 0 unspecified atom stereocenters. The number of rotatable bonds is 9. The minimum absolute atomic E-state index is 0.0749. The highest BCUT2D eigenvalue weighted by molar-refractivity contribution is 7.92. The highest BCUT2D eigenvalue weighted by Crippen LogP contribution is 2.31. The summed E-state index contributed by atoms with van der Waals surface area (Å²) in [6.07, 6.45) is 2.70. The Hall–Kier alpha value is -3.78. The summed E-state index contributed by atoms with van der Waals surface area (Å²) in [6.45, 7) is 2.05. The van der Waals surface area contributed by atoms with Gasteiger partial charge in [-0.1, -0.05) is 36.4 Å². The third-order valence-corrected chi connectivity index (χ3v) is 7.56. The van der Waals surface area contributed by atoms with E-state index in [1.165, 1.54) is 23.5 Å². The van der Waals surface area contributed by atoms with Gasteiger partial charge in [0.2, 0.25) is 5.91 Å². The number of anilines is 2. The largest absolute Gasteiger partial charge is 0.495 e. The van der Waals surface area contributed by atoms with Crippen LogP contribution in [0.1, 0.15) is 18.9 Å². The van der Waals surface area contributed by atoms with Crippen LogP contribution >= 0.6 is 0 Å². The number of aromatic amines is 1. The number of para-hydroxylation sites is 2.